The minimum atomic E-state index is -0.855. The largest absolute Gasteiger partial charge is 0.423 e. The fourth-order valence-corrected chi connectivity index (χ4v) is 1.65. The highest BCUT2D eigenvalue weighted by atomic mass is 16.6. The Morgan fingerprint density at radius 2 is 1.32 bits per heavy atom. The Morgan fingerprint density at radius 3 is 1.72 bits per heavy atom. The highest BCUT2D eigenvalue weighted by Gasteiger charge is 2.07. The number of hydrogen-bond acceptors (Lipinski definition) is 8. The standard InChI is InChI=1S/C16H10N2O7/c19-15(24-13-5-1-11(17-21)2-6-13)9-10-16(20)25-14-7-3-12(4-8-14)18(22)23/h1-10H/b10-9+. The monoisotopic (exact) mass is 342 g/mol. The molecule has 9 heteroatoms. The maximum Gasteiger partial charge on any atom is 0.336 e. The van der Waals surface area contributed by atoms with Crippen molar-refractivity contribution in [2.45, 2.75) is 0 Å². The van der Waals surface area contributed by atoms with Crippen LogP contribution in [0.2, 0.25) is 0 Å². The molecule has 0 aromatic heterocycles. The number of nitro benzene ring substituents is 1. The van der Waals surface area contributed by atoms with Crippen molar-refractivity contribution in [1.29, 1.82) is 0 Å². The second kappa shape index (κ2) is 8.11. The normalized spacial score (nSPS) is 10.2. The van der Waals surface area contributed by atoms with Crippen molar-refractivity contribution >= 4 is 23.3 Å². The van der Waals surface area contributed by atoms with E-state index < -0.39 is 16.9 Å². The van der Waals surface area contributed by atoms with Gasteiger partial charge in [-0.25, -0.2) is 9.59 Å². The summed E-state index contributed by atoms with van der Waals surface area (Å²) in [4.78, 5) is 43.3. The Bertz CT molecular complexity index is 827. The highest BCUT2D eigenvalue weighted by molar-refractivity contribution is 5.93. The molecule has 0 radical (unpaired) electrons. The summed E-state index contributed by atoms with van der Waals surface area (Å²) in [5.74, 6) is -1.42. The molecule has 0 atom stereocenters. The summed E-state index contributed by atoms with van der Waals surface area (Å²) in [5.41, 5.74) is 0.0386. The summed E-state index contributed by atoms with van der Waals surface area (Å²) in [5, 5.41) is 13.2. The molecule has 2 aromatic carbocycles. The smallest absolute Gasteiger partial charge is 0.336 e. The van der Waals surface area contributed by atoms with E-state index in [2.05, 4.69) is 5.18 Å². The maximum atomic E-state index is 11.6. The van der Waals surface area contributed by atoms with Gasteiger partial charge in [-0.2, -0.15) is 0 Å². The number of benzene rings is 2. The van der Waals surface area contributed by atoms with Crippen LogP contribution in [0.1, 0.15) is 0 Å². The van der Waals surface area contributed by atoms with E-state index in [0.29, 0.717) is 0 Å². The first-order valence-electron chi connectivity index (χ1n) is 6.77. The second-order valence-corrected chi connectivity index (χ2v) is 4.51. The van der Waals surface area contributed by atoms with Crippen molar-refractivity contribution in [2.75, 3.05) is 0 Å². The van der Waals surface area contributed by atoms with Gasteiger partial charge in [0.25, 0.3) is 5.69 Å². The van der Waals surface area contributed by atoms with Crippen LogP contribution in [0, 0.1) is 15.0 Å². The molecule has 2 aromatic rings. The van der Waals surface area contributed by atoms with Gasteiger partial charge in [0.2, 0.25) is 0 Å². The molecule has 0 bridgehead atoms. The lowest BCUT2D eigenvalue weighted by Crippen LogP contribution is -2.08. The van der Waals surface area contributed by atoms with E-state index in [9.17, 15) is 24.6 Å². The minimum absolute atomic E-state index is 0.0885. The van der Waals surface area contributed by atoms with E-state index in [1.807, 2.05) is 0 Å². The molecule has 0 amide bonds. The van der Waals surface area contributed by atoms with Crippen LogP contribution < -0.4 is 9.47 Å². The molecule has 9 nitrogen and oxygen atoms in total. The fraction of sp³-hybridized carbons (Fsp3) is 0. The predicted octanol–water partition coefficient (Wildman–Crippen LogP) is 3.06. The molecule has 2 rings (SSSR count). The second-order valence-electron chi connectivity index (χ2n) is 4.51. The van der Waals surface area contributed by atoms with E-state index in [1.54, 1.807) is 0 Å². The third kappa shape index (κ3) is 5.36. The van der Waals surface area contributed by atoms with E-state index in [1.165, 1.54) is 48.5 Å². The Morgan fingerprint density at radius 1 is 0.880 bits per heavy atom. The summed E-state index contributed by atoms with van der Waals surface area (Å²) in [6.07, 6.45) is 1.71. The topological polar surface area (TPSA) is 125 Å². The third-order valence-electron chi connectivity index (χ3n) is 2.78. The van der Waals surface area contributed by atoms with Crippen LogP contribution in [0.25, 0.3) is 0 Å². The Kier molecular flexibility index (Phi) is 5.67. The molecule has 0 N–H and O–H groups in total. The number of non-ortho nitro benzene ring substituents is 1. The van der Waals surface area contributed by atoms with Gasteiger partial charge in [0, 0.05) is 24.3 Å². The van der Waals surface area contributed by atoms with Gasteiger partial charge in [0.1, 0.15) is 17.2 Å². The molecule has 25 heavy (non-hydrogen) atoms. The van der Waals surface area contributed by atoms with Crippen LogP contribution in [-0.2, 0) is 9.59 Å². The molecule has 0 spiro atoms. The Hall–Kier alpha value is -3.88. The first-order valence-corrected chi connectivity index (χ1v) is 6.77. The molecule has 0 saturated heterocycles. The highest BCUT2D eigenvalue weighted by Crippen LogP contribution is 2.18. The molecule has 0 unspecified atom stereocenters. The molecule has 0 fully saturated rings. The van der Waals surface area contributed by atoms with E-state index in [4.69, 9.17) is 9.47 Å². The molecule has 0 saturated carbocycles. The number of ether oxygens (including phenoxy) is 2. The summed E-state index contributed by atoms with van der Waals surface area (Å²) in [6, 6.07) is 10.3. The maximum absolute atomic E-state index is 11.6. The van der Waals surface area contributed by atoms with Crippen molar-refractivity contribution in [3.8, 4) is 11.5 Å². The molecule has 0 aliphatic rings. The fourth-order valence-electron chi connectivity index (χ4n) is 1.65. The van der Waals surface area contributed by atoms with Gasteiger partial charge >= 0.3 is 11.9 Å². The van der Waals surface area contributed by atoms with Gasteiger partial charge in [-0.3, -0.25) is 10.1 Å². The average molecular weight is 342 g/mol. The Labute approximate surface area is 140 Å². The SMILES string of the molecule is O=Nc1ccc(OC(=O)/C=C/C(=O)Oc2ccc([N+](=O)[O-])cc2)cc1. The van der Waals surface area contributed by atoms with Crippen molar-refractivity contribution in [2.24, 2.45) is 5.18 Å². The van der Waals surface area contributed by atoms with Crippen molar-refractivity contribution < 1.29 is 24.0 Å². The molecular weight excluding hydrogens is 332 g/mol. The van der Waals surface area contributed by atoms with Crippen LogP contribution in [0.4, 0.5) is 11.4 Å². The van der Waals surface area contributed by atoms with Gasteiger partial charge in [0.05, 0.1) is 4.92 Å². The van der Waals surface area contributed by atoms with Gasteiger partial charge in [-0.05, 0) is 41.6 Å². The van der Waals surface area contributed by atoms with Gasteiger partial charge < -0.3 is 9.47 Å². The predicted molar refractivity (Wildman–Crippen MR) is 85.4 cm³/mol. The van der Waals surface area contributed by atoms with Crippen molar-refractivity contribution in [3.63, 3.8) is 0 Å². The van der Waals surface area contributed by atoms with Crippen LogP contribution in [0.5, 0.6) is 11.5 Å². The van der Waals surface area contributed by atoms with Crippen LogP contribution in [0.3, 0.4) is 0 Å². The number of hydrogen-bond donors (Lipinski definition) is 0. The summed E-state index contributed by atoms with van der Waals surface area (Å²) >= 11 is 0. The lowest BCUT2D eigenvalue weighted by Gasteiger charge is -2.01. The lowest BCUT2D eigenvalue weighted by atomic mass is 10.3. The lowest BCUT2D eigenvalue weighted by molar-refractivity contribution is -0.384. The molecule has 0 aliphatic carbocycles. The molecular formula is C16H10N2O7. The molecule has 126 valence electrons. The van der Waals surface area contributed by atoms with Gasteiger partial charge in [0.15, 0.2) is 0 Å². The van der Waals surface area contributed by atoms with Crippen LogP contribution in [0.15, 0.2) is 65.9 Å². The number of carbonyl (C=O) groups excluding carboxylic acids is 2. The van der Waals surface area contributed by atoms with E-state index in [0.717, 1.165) is 12.2 Å². The van der Waals surface area contributed by atoms with Crippen molar-refractivity contribution in [1.82, 2.24) is 0 Å². The summed E-state index contributed by atoms with van der Waals surface area (Å²) in [7, 11) is 0. The van der Waals surface area contributed by atoms with Gasteiger partial charge in [-0.15, -0.1) is 4.91 Å². The van der Waals surface area contributed by atoms with Crippen LogP contribution in [-0.4, -0.2) is 16.9 Å². The number of esters is 2. The van der Waals surface area contributed by atoms with Crippen molar-refractivity contribution in [3.05, 3.63) is 75.7 Å². The van der Waals surface area contributed by atoms with E-state index in [-0.39, 0.29) is 22.9 Å². The quantitative estimate of drug-likeness (QED) is 0.197. The number of nitroso groups, excluding NO2 is 1. The van der Waals surface area contributed by atoms with E-state index >= 15 is 0 Å². The third-order valence-corrected chi connectivity index (χ3v) is 2.78. The van der Waals surface area contributed by atoms with Gasteiger partial charge in [-0.1, -0.05) is 0 Å². The number of nitro groups is 1. The Balaban J connectivity index is 1.88. The summed E-state index contributed by atoms with van der Waals surface area (Å²) < 4.78 is 9.78. The number of carbonyl (C=O) groups is 2. The minimum Gasteiger partial charge on any atom is -0.423 e. The molecule has 0 aliphatic heterocycles. The molecule has 0 heterocycles. The first-order chi connectivity index (χ1) is 12.0. The zero-order valence-electron chi connectivity index (χ0n) is 12.5. The number of rotatable bonds is 6. The first kappa shape index (κ1) is 17.5. The summed E-state index contributed by atoms with van der Waals surface area (Å²) in [6.45, 7) is 0. The zero-order valence-corrected chi connectivity index (χ0v) is 12.5. The van der Waals surface area contributed by atoms with Crippen LogP contribution >= 0.6 is 0 Å². The average Bonchev–Trinajstić information content (AvgIpc) is 2.61. The zero-order chi connectivity index (χ0) is 18.2. The number of nitrogens with zero attached hydrogens (tertiary/aromatic N) is 2.